The van der Waals surface area contributed by atoms with E-state index in [1.165, 1.54) is 13.2 Å². The molecule has 3 aromatic rings. The molecule has 0 fully saturated rings. The van der Waals surface area contributed by atoms with Crippen LogP contribution in [0.1, 0.15) is 13.8 Å². The minimum atomic E-state index is -4.41. The van der Waals surface area contributed by atoms with Crippen LogP contribution in [0.5, 0.6) is 28.9 Å². The van der Waals surface area contributed by atoms with Gasteiger partial charge in [0.2, 0.25) is 0 Å². The summed E-state index contributed by atoms with van der Waals surface area (Å²) in [5.41, 5.74) is 0.538. The average molecular weight is 436 g/mol. The second-order valence-corrected chi connectivity index (χ2v) is 7.59. The Morgan fingerprint density at radius 3 is 2.50 bits per heavy atom. The number of aromatic hydroxyl groups is 2. The van der Waals surface area contributed by atoms with Gasteiger partial charge in [0, 0.05) is 17.7 Å². The van der Waals surface area contributed by atoms with Gasteiger partial charge in [-0.25, -0.2) is 4.68 Å². The molecule has 0 aliphatic carbocycles. The van der Waals surface area contributed by atoms with Crippen molar-refractivity contribution in [3.8, 4) is 45.8 Å². The number of phenolic OH excluding ortho intramolecular Hbond substituents is 2. The van der Waals surface area contributed by atoms with Crippen LogP contribution in [0.25, 0.3) is 16.9 Å². The van der Waals surface area contributed by atoms with E-state index in [2.05, 4.69) is 10.3 Å². The maximum atomic E-state index is 11.5. The number of rotatable bonds is 7. The number of nitrogens with zero attached hydrogens (tertiary/aromatic N) is 3. The van der Waals surface area contributed by atoms with Gasteiger partial charge in [0.05, 0.1) is 13.2 Å². The fraction of sp³-hybridized carbons (Fsp3) is 0.222. The third-order valence-corrected chi connectivity index (χ3v) is 4.21. The Kier molecular flexibility index (Phi) is 5.71. The minimum Gasteiger partial charge on any atom is -0.506 e. The SMILES string of the molecule is COc1cc(-n2nnc(OS(N)(=O)=O)c2-c2cccc(OC(C)C)c2)c(O)cc1O. The van der Waals surface area contributed by atoms with Crippen molar-refractivity contribution >= 4 is 10.3 Å². The molecule has 0 spiro atoms. The molecule has 3 rings (SSSR count). The fourth-order valence-corrected chi connectivity index (χ4v) is 3.05. The molecule has 4 N–H and O–H groups in total. The number of aromatic nitrogens is 3. The zero-order chi connectivity index (χ0) is 22.1. The summed E-state index contributed by atoms with van der Waals surface area (Å²) in [6.45, 7) is 3.71. The van der Waals surface area contributed by atoms with E-state index in [0.29, 0.717) is 11.3 Å². The van der Waals surface area contributed by atoms with Gasteiger partial charge < -0.3 is 23.9 Å². The lowest BCUT2D eigenvalue weighted by Gasteiger charge is -2.14. The molecule has 160 valence electrons. The van der Waals surface area contributed by atoms with E-state index in [4.69, 9.17) is 18.8 Å². The molecule has 11 nitrogen and oxygen atoms in total. The number of ether oxygens (including phenoxy) is 2. The molecule has 1 heterocycles. The van der Waals surface area contributed by atoms with Crippen LogP contribution < -0.4 is 18.8 Å². The molecule has 0 bridgehead atoms. The highest BCUT2D eigenvalue weighted by molar-refractivity contribution is 7.84. The van der Waals surface area contributed by atoms with E-state index in [1.807, 2.05) is 13.8 Å². The molecule has 2 aromatic carbocycles. The number of phenols is 2. The van der Waals surface area contributed by atoms with Crippen LogP contribution in [0.3, 0.4) is 0 Å². The first kappa shape index (κ1) is 21.2. The van der Waals surface area contributed by atoms with Crippen molar-refractivity contribution in [2.45, 2.75) is 20.0 Å². The van der Waals surface area contributed by atoms with Crippen molar-refractivity contribution in [2.75, 3.05) is 7.11 Å². The van der Waals surface area contributed by atoms with Crippen molar-refractivity contribution in [3.05, 3.63) is 36.4 Å². The van der Waals surface area contributed by atoms with Crippen molar-refractivity contribution in [2.24, 2.45) is 5.14 Å². The molecule has 0 saturated carbocycles. The van der Waals surface area contributed by atoms with Gasteiger partial charge in [-0.3, -0.25) is 0 Å². The first-order chi connectivity index (χ1) is 14.1. The first-order valence-corrected chi connectivity index (χ1v) is 10.1. The summed E-state index contributed by atoms with van der Waals surface area (Å²) < 4.78 is 39.7. The van der Waals surface area contributed by atoms with Gasteiger partial charge in [-0.2, -0.15) is 13.6 Å². The van der Waals surface area contributed by atoms with Gasteiger partial charge in [-0.15, -0.1) is 0 Å². The maximum Gasteiger partial charge on any atom is 0.381 e. The molecular weight excluding hydrogens is 416 g/mol. The molecular formula is C18H20N4O7S. The van der Waals surface area contributed by atoms with E-state index in [1.54, 1.807) is 24.3 Å². The van der Waals surface area contributed by atoms with E-state index in [-0.39, 0.29) is 34.7 Å². The summed E-state index contributed by atoms with van der Waals surface area (Å²) in [5, 5.41) is 32.8. The Bertz CT molecular complexity index is 1180. The monoisotopic (exact) mass is 436 g/mol. The minimum absolute atomic E-state index is 0.0478. The summed E-state index contributed by atoms with van der Waals surface area (Å²) in [6, 6.07) is 9.03. The number of nitrogens with two attached hydrogens (primary N) is 1. The van der Waals surface area contributed by atoms with Crippen molar-refractivity contribution in [1.29, 1.82) is 0 Å². The lowest BCUT2D eigenvalue weighted by molar-refractivity contribution is 0.242. The molecule has 0 unspecified atom stereocenters. The molecule has 0 saturated heterocycles. The summed E-state index contributed by atoms with van der Waals surface area (Å²) in [5.74, 6) is -0.519. The van der Waals surface area contributed by atoms with Crippen LogP contribution in [0.4, 0.5) is 0 Å². The van der Waals surface area contributed by atoms with Crippen LogP contribution in [0, 0.1) is 0 Å². The zero-order valence-electron chi connectivity index (χ0n) is 16.3. The molecule has 0 amide bonds. The Labute approximate surface area is 172 Å². The third kappa shape index (κ3) is 4.55. The van der Waals surface area contributed by atoms with Crippen LogP contribution in [-0.4, -0.2) is 46.8 Å². The Balaban J connectivity index is 2.24. The first-order valence-electron chi connectivity index (χ1n) is 8.64. The van der Waals surface area contributed by atoms with E-state index < -0.39 is 16.2 Å². The van der Waals surface area contributed by atoms with Gasteiger partial charge in [-0.05, 0) is 26.0 Å². The second kappa shape index (κ2) is 8.08. The molecule has 0 aliphatic rings. The highest BCUT2D eigenvalue weighted by Gasteiger charge is 2.24. The normalized spacial score (nSPS) is 11.5. The van der Waals surface area contributed by atoms with Gasteiger partial charge in [0.1, 0.15) is 22.9 Å². The van der Waals surface area contributed by atoms with Crippen LogP contribution in [0.2, 0.25) is 0 Å². The summed E-state index contributed by atoms with van der Waals surface area (Å²) >= 11 is 0. The topological polar surface area (TPSA) is 159 Å². The van der Waals surface area contributed by atoms with Gasteiger partial charge in [-0.1, -0.05) is 22.4 Å². The highest BCUT2D eigenvalue weighted by atomic mass is 32.2. The van der Waals surface area contributed by atoms with Crippen LogP contribution in [0.15, 0.2) is 36.4 Å². The number of benzene rings is 2. The largest absolute Gasteiger partial charge is 0.506 e. The maximum absolute atomic E-state index is 11.5. The van der Waals surface area contributed by atoms with Crippen molar-refractivity contribution < 1.29 is 32.3 Å². The van der Waals surface area contributed by atoms with Gasteiger partial charge in [0.25, 0.3) is 5.88 Å². The lowest BCUT2D eigenvalue weighted by Crippen LogP contribution is -2.19. The van der Waals surface area contributed by atoms with Gasteiger partial charge in [0.15, 0.2) is 11.5 Å². The molecule has 12 heteroatoms. The van der Waals surface area contributed by atoms with Gasteiger partial charge >= 0.3 is 10.3 Å². The molecule has 30 heavy (non-hydrogen) atoms. The van der Waals surface area contributed by atoms with E-state index in [0.717, 1.165) is 10.7 Å². The number of hydrogen-bond acceptors (Lipinski definition) is 9. The van der Waals surface area contributed by atoms with E-state index >= 15 is 0 Å². The molecule has 0 aliphatic heterocycles. The lowest BCUT2D eigenvalue weighted by atomic mass is 10.1. The standard InChI is InChI=1S/C18H20N4O7S/c1-10(2)28-12-6-4-5-11(7-12)17-18(29-30(19,25)26)20-21-22(17)13-8-16(27-3)15(24)9-14(13)23/h4-10,23-24H,1-3H3,(H2,19,25,26). The smallest absolute Gasteiger partial charge is 0.381 e. The average Bonchev–Trinajstić information content (AvgIpc) is 3.03. The highest BCUT2D eigenvalue weighted by Crippen LogP contribution is 2.39. The third-order valence-electron chi connectivity index (χ3n) is 3.82. The Hall–Kier alpha value is -3.51. The summed E-state index contributed by atoms with van der Waals surface area (Å²) in [7, 11) is -3.08. The summed E-state index contributed by atoms with van der Waals surface area (Å²) in [4.78, 5) is 0. The quantitative estimate of drug-likeness (QED) is 0.501. The van der Waals surface area contributed by atoms with E-state index in [9.17, 15) is 18.6 Å². The number of methoxy groups -OCH3 is 1. The second-order valence-electron chi connectivity index (χ2n) is 6.44. The fourth-order valence-electron chi connectivity index (χ4n) is 2.72. The predicted molar refractivity (Wildman–Crippen MR) is 106 cm³/mol. The van der Waals surface area contributed by atoms with Crippen LogP contribution in [-0.2, 0) is 10.3 Å². The Morgan fingerprint density at radius 1 is 1.13 bits per heavy atom. The molecule has 0 atom stereocenters. The predicted octanol–water partition coefficient (Wildman–Crippen LogP) is 1.72. The van der Waals surface area contributed by atoms with Crippen LogP contribution >= 0.6 is 0 Å². The van der Waals surface area contributed by atoms with Crippen molar-refractivity contribution in [3.63, 3.8) is 0 Å². The summed E-state index contributed by atoms with van der Waals surface area (Å²) in [6.07, 6.45) is -0.103. The number of hydrogen-bond donors (Lipinski definition) is 3. The Morgan fingerprint density at radius 2 is 1.87 bits per heavy atom. The van der Waals surface area contributed by atoms with Crippen molar-refractivity contribution in [1.82, 2.24) is 15.0 Å². The molecule has 0 radical (unpaired) electrons. The molecule has 1 aromatic heterocycles. The zero-order valence-corrected chi connectivity index (χ0v) is 17.1.